The second-order valence-electron chi connectivity index (χ2n) is 4.69. The van der Waals surface area contributed by atoms with Gasteiger partial charge in [-0.2, -0.15) is 5.26 Å². The number of carbonyl (C=O) groups excluding carboxylic acids is 1. The Kier molecular flexibility index (Phi) is 5.27. The van der Waals surface area contributed by atoms with Crippen LogP contribution in [0.5, 0.6) is 0 Å². The third kappa shape index (κ3) is 4.19. The highest BCUT2D eigenvalue weighted by atomic mass is 16.5. The fourth-order valence-corrected chi connectivity index (χ4v) is 1.75. The van der Waals surface area contributed by atoms with Crippen molar-refractivity contribution in [1.29, 1.82) is 5.26 Å². The lowest BCUT2D eigenvalue weighted by Gasteiger charge is -2.15. The van der Waals surface area contributed by atoms with Gasteiger partial charge in [0.25, 0.3) is 0 Å². The van der Waals surface area contributed by atoms with Crippen LogP contribution in [0.3, 0.4) is 0 Å². The monoisotopic (exact) mass is 224 g/mol. The molecule has 4 heteroatoms. The molecule has 0 bridgehead atoms. The van der Waals surface area contributed by atoms with Crippen LogP contribution in [0.25, 0.3) is 0 Å². The number of nitriles is 1. The molecule has 1 rings (SSSR count). The largest absolute Gasteiger partial charge is 0.381 e. The maximum atomic E-state index is 11.4. The van der Waals surface area contributed by atoms with Gasteiger partial charge in [-0.15, -0.1) is 0 Å². The highest BCUT2D eigenvalue weighted by Gasteiger charge is 2.28. The van der Waals surface area contributed by atoms with Gasteiger partial charge in [0.1, 0.15) is 0 Å². The second-order valence-corrected chi connectivity index (χ2v) is 4.69. The third-order valence-corrected chi connectivity index (χ3v) is 2.56. The van der Waals surface area contributed by atoms with Crippen LogP contribution in [0.2, 0.25) is 0 Å². The fourth-order valence-electron chi connectivity index (χ4n) is 1.75. The summed E-state index contributed by atoms with van der Waals surface area (Å²) in [5, 5.41) is 8.72. The molecule has 1 unspecified atom stereocenters. The molecule has 1 heterocycles. The molecule has 0 aromatic carbocycles. The lowest BCUT2D eigenvalue weighted by Crippen LogP contribution is -2.27. The Labute approximate surface area is 97.2 Å². The topological polar surface area (TPSA) is 53.3 Å². The van der Waals surface area contributed by atoms with Crippen LogP contribution in [0.15, 0.2) is 0 Å². The first-order chi connectivity index (χ1) is 7.63. The molecule has 1 atom stereocenters. The van der Waals surface area contributed by atoms with Crippen molar-refractivity contribution in [1.82, 2.24) is 4.90 Å². The molecule has 0 N–H and O–H groups in total. The Morgan fingerprint density at radius 2 is 2.38 bits per heavy atom. The van der Waals surface area contributed by atoms with E-state index in [0.717, 1.165) is 19.6 Å². The summed E-state index contributed by atoms with van der Waals surface area (Å²) in [6.07, 6.45) is 1.25. The molecule has 4 nitrogen and oxygen atoms in total. The van der Waals surface area contributed by atoms with E-state index in [4.69, 9.17) is 10.00 Å². The van der Waals surface area contributed by atoms with Crippen molar-refractivity contribution < 1.29 is 9.53 Å². The summed E-state index contributed by atoms with van der Waals surface area (Å²) >= 11 is 0. The Morgan fingerprint density at radius 3 is 2.94 bits per heavy atom. The van der Waals surface area contributed by atoms with Crippen LogP contribution in [0, 0.1) is 23.2 Å². The molecule has 0 aliphatic carbocycles. The third-order valence-electron chi connectivity index (χ3n) is 2.56. The van der Waals surface area contributed by atoms with Gasteiger partial charge < -0.3 is 9.64 Å². The van der Waals surface area contributed by atoms with Crippen molar-refractivity contribution >= 4 is 5.91 Å². The van der Waals surface area contributed by atoms with Gasteiger partial charge in [0.2, 0.25) is 5.91 Å². The number of hydrogen-bond donors (Lipinski definition) is 0. The highest BCUT2D eigenvalue weighted by molar-refractivity contribution is 5.79. The zero-order chi connectivity index (χ0) is 12.0. The van der Waals surface area contributed by atoms with Gasteiger partial charge in [0.15, 0.2) is 0 Å². The molecule has 1 saturated heterocycles. The first kappa shape index (κ1) is 13.0. The average molecular weight is 224 g/mol. The first-order valence-corrected chi connectivity index (χ1v) is 5.88. The van der Waals surface area contributed by atoms with E-state index in [2.05, 4.69) is 19.9 Å². The van der Waals surface area contributed by atoms with E-state index >= 15 is 0 Å². The number of nitrogens with zero attached hydrogens (tertiary/aromatic N) is 2. The summed E-state index contributed by atoms with van der Waals surface area (Å²) in [6, 6.07) is 2.15. The van der Waals surface area contributed by atoms with Gasteiger partial charge in [-0.25, -0.2) is 0 Å². The van der Waals surface area contributed by atoms with E-state index in [1.54, 1.807) is 4.90 Å². The van der Waals surface area contributed by atoms with Crippen molar-refractivity contribution in [2.75, 3.05) is 26.3 Å². The van der Waals surface area contributed by atoms with Crippen molar-refractivity contribution in [3.8, 4) is 6.07 Å². The summed E-state index contributed by atoms with van der Waals surface area (Å²) < 4.78 is 5.44. The molecule has 90 valence electrons. The van der Waals surface area contributed by atoms with E-state index in [1.807, 2.05) is 0 Å². The molecule has 0 aromatic heterocycles. The number of carbonyl (C=O) groups is 1. The molecule has 0 aromatic rings. The Bertz CT molecular complexity index is 271. The van der Waals surface area contributed by atoms with E-state index < -0.39 is 0 Å². The minimum atomic E-state index is -0.107. The summed E-state index contributed by atoms with van der Waals surface area (Å²) in [5.41, 5.74) is 0. The van der Waals surface area contributed by atoms with Crippen LogP contribution < -0.4 is 0 Å². The standard InChI is InChI=1S/C12H20N2O2/c1-10(2)9-16-5-3-4-14-8-11(7-13)6-12(14)15/h10-11H,3-6,8-9H2,1-2H3. The van der Waals surface area contributed by atoms with E-state index in [0.29, 0.717) is 25.5 Å². The molecule has 1 amide bonds. The van der Waals surface area contributed by atoms with Crippen molar-refractivity contribution in [2.45, 2.75) is 26.7 Å². The van der Waals surface area contributed by atoms with Gasteiger partial charge in [-0.05, 0) is 12.3 Å². The summed E-state index contributed by atoms with van der Waals surface area (Å²) in [6.45, 7) is 7.01. The molecule has 0 radical (unpaired) electrons. The molecular weight excluding hydrogens is 204 g/mol. The lowest BCUT2D eigenvalue weighted by molar-refractivity contribution is -0.127. The van der Waals surface area contributed by atoms with Crippen molar-refractivity contribution in [3.63, 3.8) is 0 Å². The second kappa shape index (κ2) is 6.49. The Morgan fingerprint density at radius 1 is 1.62 bits per heavy atom. The predicted octanol–water partition coefficient (Wildman–Crippen LogP) is 1.42. The van der Waals surface area contributed by atoms with Crippen LogP contribution in [0.4, 0.5) is 0 Å². The van der Waals surface area contributed by atoms with Crippen LogP contribution in [0.1, 0.15) is 26.7 Å². The summed E-state index contributed by atoms with van der Waals surface area (Å²) in [5.74, 6) is 0.552. The highest BCUT2D eigenvalue weighted by Crippen LogP contribution is 2.16. The quantitative estimate of drug-likeness (QED) is 0.641. The maximum Gasteiger partial charge on any atom is 0.224 e. The Balaban J connectivity index is 2.10. The summed E-state index contributed by atoms with van der Waals surface area (Å²) in [4.78, 5) is 13.2. The molecule has 16 heavy (non-hydrogen) atoms. The van der Waals surface area contributed by atoms with Crippen LogP contribution in [-0.4, -0.2) is 37.1 Å². The maximum absolute atomic E-state index is 11.4. The van der Waals surface area contributed by atoms with Gasteiger partial charge in [0.05, 0.1) is 12.0 Å². The SMILES string of the molecule is CC(C)COCCCN1CC(C#N)CC1=O. The van der Waals surface area contributed by atoms with E-state index in [1.165, 1.54) is 0 Å². The minimum Gasteiger partial charge on any atom is -0.381 e. The van der Waals surface area contributed by atoms with Crippen LogP contribution >= 0.6 is 0 Å². The predicted molar refractivity (Wildman–Crippen MR) is 60.6 cm³/mol. The first-order valence-electron chi connectivity index (χ1n) is 5.88. The zero-order valence-electron chi connectivity index (χ0n) is 10.1. The molecule has 1 aliphatic rings. The van der Waals surface area contributed by atoms with Crippen molar-refractivity contribution in [2.24, 2.45) is 11.8 Å². The molecule has 0 spiro atoms. The fraction of sp³-hybridized carbons (Fsp3) is 0.833. The van der Waals surface area contributed by atoms with E-state index in [9.17, 15) is 4.79 Å². The number of amides is 1. The minimum absolute atomic E-state index is 0.107. The number of rotatable bonds is 6. The van der Waals surface area contributed by atoms with E-state index in [-0.39, 0.29) is 11.8 Å². The molecular formula is C12H20N2O2. The van der Waals surface area contributed by atoms with Gasteiger partial charge in [-0.1, -0.05) is 13.8 Å². The zero-order valence-corrected chi connectivity index (χ0v) is 10.1. The molecule has 1 fully saturated rings. The summed E-state index contributed by atoms with van der Waals surface area (Å²) in [7, 11) is 0. The Hall–Kier alpha value is -1.08. The lowest BCUT2D eigenvalue weighted by atomic mass is 10.1. The van der Waals surface area contributed by atoms with Crippen molar-refractivity contribution in [3.05, 3.63) is 0 Å². The number of ether oxygens (including phenoxy) is 1. The van der Waals surface area contributed by atoms with Gasteiger partial charge >= 0.3 is 0 Å². The number of hydrogen-bond acceptors (Lipinski definition) is 3. The molecule has 0 saturated carbocycles. The number of likely N-dealkylation sites (tertiary alicyclic amines) is 1. The average Bonchev–Trinajstić information content (AvgIpc) is 2.59. The van der Waals surface area contributed by atoms with Gasteiger partial charge in [-0.3, -0.25) is 4.79 Å². The normalized spacial score (nSPS) is 20.5. The smallest absolute Gasteiger partial charge is 0.224 e. The van der Waals surface area contributed by atoms with Crippen LogP contribution in [-0.2, 0) is 9.53 Å². The molecule has 1 aliphatic heterocycles. The van der Waals surface area contributed by atoms with Gasteiger partial charge in [0, 0.05) is 32.7 Å².